The van der Waals surface area contributed by atoms with Gasteiger partial charge in [-0.2, -0.15) is 5.10 Å². The average Bonchev–Trinajstić information content (AvgIpc) is 2.79. The number of aryl methyl sites for hydroxylation is 2. The fourth-order valence-corrected chi connectivity index (χ4v) is 2.74. The summed E-state index contributed by atoms with van der Waals surface area (Å²) in [6.07, 6.45) is 2.82. The molecule has 174 valence electrons. The number of nitrogens with zero attached hydrogens (tertiary/aromatic N) is 1. The van der Waals surface area contributed by atoms with Crippen LogP contribution in [0.2, 0.25) is 0 Å². The molecule has 0 aliphatic rings. The van der Waals surface area contributed by atoms with Gasteiger partial charge in [0.1, 0.15) is 0 Å². The van der Waals surface area contributed by atoms with Crippen molar-refractivity contribution in [3.63, 3.8) is 0 Å². The second kappa shape index (κ2) is 12.7. The lowest BCUT2D eigenvalue weighted by Crippen LogP contribution is -2.37. The Morgan fingerprint density at radius 2 is 1.82 bits per heavy atom. The van der Waals surface area contributed by atoms with Crippen molar-refractivity contribution in [3.05, 3.63) is 65.7 Å². The number of benzene rings is 2. The zero-order chi connectivity index (χ0) is 24.2. The Morgan fingerprint density at radius 1 is 1.03 bits per heavy atom. The third-order valence-electron chi connectivity index (χ3n) is 4.28. The lowest BCUT2D eigenvalue weighted by Gasteiger charge is -2.13. The zero-order valence-corrected chi connectivity index (χ0v) is 18.9. The van der Waals surface area contributed by atoms with E-state index in [2.05, 4.69) is 27.7 Å². The van der Waals surface area contributed by atoms with Gasteiger partial charge in [-0.05, 0) is 56.2 Å². The lowest BCUT2D eigenvalue weighted by molar-refractivity contribution is -0.139. The molecule has 0 atom stereocenters. The van der Waals surface area contributed by atoms with Gasteiger partial charge in [-0.3, -0.25) is 14.4 Å². The van der Waals surface area contributed by atoms with Gasteiger partial charge in [0.05, 0.1) is 12.8 Å². The Kier molecular flexibility index (Phi) is 9.63. The summed E-state index contributed by atoms with van der Waals surface area (Å²) in [5.41, 5.74) is 5.54. The van der Waals surface area contributed by atoms with E-state index in [1.165, 1.54) is 12.3 Å². The third-order valence-corrected chi connectivity index (χ3v) is 4.28. The average molecular weight is 453 g/mol. The van der Waals surface area contributed by atoms with Gasteiger partial charge in [0.15, 0.2) is 18.1 Å². The molecule has 2 aromatic rings. The van der Waals surface area contributed by atoms with Crippen molar-refractivity contribution in [2.24, 2.45) is 5.10 Å². The molecule has 2 aromatic carbocycles. The number of hydrogen-bond donors (Lipinski definition) is 3. The lowest BCUT2D eigenvalue weighted by atomic mass is 10.1. The predicted octanol–water partition coefficient (Wildman–Crippen LogP) is 2.47. The van der Waals surface area contributed by atoms with E-state index in [0.717, 1.165) is 16.8 Å². The second-order valence-electron chi connectivity index (χ2n) is 6.99. The summed E-state index contributed by atoms with van der Waals surface area (Å²) in [6, 6.07) is 10.7. The van der Waals surface area contributed by atoms with Gasteiger partial charge in [0.25, 0.3) is 5.91 Å². The number of carbonyl (C=O) groups excluding carboxylic acids is 3. The Morgan fingerprint density at radius 3 is 2.52 bits per heavy atom. The van der Waals surface area contributed by atoms with Crippen LogP contribution < -0.4 is 25.5 Å². The highest BCUT2D eigenvalue weighted by molar-refractivity contribution is 6.35. The van der Waals surface area contributed by atoms with Gasteiger partial charge < -0.3 is 20.1 Å². The number of anilines is 1. The molecule has 9 heteroatoms. The van der Waals surface area contributed by atoms with E-state index in [1.807, 2.05) is 39.0 Å². The highest BCUT2D eigenvalue weighted by Crippen LogP contribution is 2.28. The Hall–Kier alpha value is -4.14. The maximum Gasteiger partial charge on any atom is 0.329 e. The number of hydrazone groups is 1. The zero-order valence-electron chi connectivity index (χ0n) is 18.9. The SMILES string of the molecule is C=CCNC(=O)C(=O)N/N=C\c1ccc(OCC(=O)Nc2ccc(C)cc2C)c(OCC)c1. The van der Waals surface area contributed by atoms with Crippen LogP contribution in [0.3, 0.4) is 0 Å². The third kappa shape index (κ3) is 8.13. The van der Waals surface area contributed by atoms with Crippen molar-refractivity contribution in [3.8, 4) is 11.5 Å². The van der Waals surface area contributed by atoms with E-state index in [-0.39, 0.29) is 19.1 Å². The van der Waals surface area contributed by atoms with Crippen LogP contribution in [-0.4, -0.2) is 43.7 Å². The minimum absolute atomic E-state index is 0.178. The Labute approximate surface area is 192 Å². The molecule has 0 spiro atoms. The number of hydrogen-bond acceptors (Lipinski definition) is 6. The molecule has 0 saturated heterocycles. The number of rotatable bonds is 10. The molecule has 0 unspecified atom stereocenters. The van der Waals surface area contributed by atoms with Crippen molar-refractivity contribution in [1.29, 1.82) is 0 Å². The molecule has 0 aromatic heterocycles. The fraction of sp³-hybridized carbons (Fsp3) is 0.250. The van der Waals surface area contributed by atoms with Crippen LogP contribution in [0.1, 0.15) is 23.6 Å². The van der Waals surface area contributed by atoms with Crippen molar-refractivity contribution in [2.45, 2.75) is 20.8 Å². The molecule has 0 aliphatic heterocycles. The van der Waals surface area contributed by atoms with Crippen molar-refractivity contribution >= 4 is 29.6 Å². The first-order chi connectivity index (χ1) is 15.8. The molecule has 3 N–H and O–H groups in total. The van der Waals surface area contributed by atoms with Gasteiger partial charge in [0.2, 0.25) is 0 Å². The molecule has 0 bridgehead atoms. The van der Waals surface area contributed by atoms with E-state index in [4.69, 9.17) is 9.47 Å². The van der Waals surface area contributed by atoms with Gasteiger partial charge in [-0.15, -0.1) is 6.58 Å². The van der Waals surface area contributed by atoms with E-state index in [9.17, 15) is 14.4 Å². The first-order valence-electron chi connectivity index (χ1n) is 10.3. The van der Waals surface area contributed by atoms with E-state index in [0.29, 0.717) is 23.7 Å². The minimum atomic E-state index is -0.895. The number of carbonyl (C=O) groups is 3. The highest BCUT2D eigenvalue weighted by Gasteiger charge is 2.12. The van der Waals surface area contributed by atoms with Gasteiger partial charge in [-0.1, -0.05) is 23.8 Å². The van der Waals surface area contributed by atoms with Gasteiger partial charge in [0, 0.05) is 12.2 Å². The van der Waals surface area contributed by atoms with E-state index in [1.54, 1.807) is 18.2 Å². The monoisotopic (exact) mass is 452 g/mol. The molecule has 0 aliphatic carbocycles. The molecule has 2 rings (SSSR count). The maximum atomic E-state index is 12.3. The fourth-order valence-electron chi connectivity index (χ4n) is 2.74. The summed E-state index contributed by atoms with van der Waals surface area (Å²) in [4.78, 5) is 35.4. The molecular formula is C24H28N4O5. The van der Waals surface area contributed by atoms with Crippen LogP contribution in [-0.2, 0) is 14.4 Å². The summed E-state index contributed by atoms with van der Waals surface area (Å²) >= 11 is 0. The van der Waals surface area contributed by atoms with Crippen molar-refractivity contribution < 1.29 is 23.9 Å². The van der Waals surface area contributed by atoms with E-state index >= 15 is 0 Å². The van der Waals surface area contributed by atoms with Crippen molar-refractivity contribution in [2.75, 3.05) is 25.1 Å². The first-order valence-corrected chi connectivity index (χ1v) is 10.3. The summed E-state index contributed by atoms with van der Waals surface area (Å²) in [5, 5.41) is 8.94. The molecule has 33 heavy (non-hydrogen) atoms. The molecule has 0 radical (unpaired) electrons. The number of amides is 3. The van der Waals surface area contributed by atoms with Crippen LogP contribution >= 0.6 is 0 Å². The summed E-state index contributed by atoms with van der Waals surface area (Å²) in [5.74, 6) is -1.21. The van der Waals surface area contributed by atoms with Crippen LogP contribution in [0.25, 0.3) is 0 Å². The van der Waals surface area contributed by atoms with Gasteiger partial charge in [-0.25, -0.2) is 5.43 Å². The largest absolute Gasteiger partial charge is 0.490 e. The molecule has 3 amide bonds. The quantitative estimate of drug-likeness (QED) is 0.222. The van der Waals surface area contributed by atoms with E-state index < -0.39 is 11.8 Å². The molecule has 9 nitrogen and oxygen atoms in total. The maximum absolute atomic E-state index is 12.3. The van der Waals surface area contributed by atoms with Crippen LogP contribution in [0.5, 0.6) is 11.5 Å². The predicted molar refractivity (Wildman–Crippen MR) is 127 cm³/mol. The number of nitrogens with one attached hydrogen (secondary N) is 3. The first kappa shape index (κ1) is 25.1. The molecule has 0 fully saturated rings. The van der Waals surface area contributed by atoms with Crippen molar-refractivity contribution in [1.82, 2.24) is 10.7 Å². The standard InChI is InChI=1S/C24H28N4O5/c1-5-11-25-23(30)24(31)28-26-14-18-8-10-20(21(13-18)32-6-2)33-15-22(29)27-19-9-7-16(3)12-17(19)4/h5,7-10,12-14H,1,6,11,15H2,2-4H3,(H,25,30)(H,27,29)(H,28,31)/b26-14-. The topological polar surface area (TPSA) is 118 Å². The smallest absolute Gasteiger partial charge is 0.329 e. The van der Waals surface area contributed by atoms with Crippen LogP contribution in [0.15, 0.2) is 54.2 Å². The van der Waals surface area contributed by atoms with Crippen LogP contribution in [0, 0.1) is 13.8 Å². The summed E-state index contributed by atoms with van der Waals surface area (Å²) < 4.78 is 11.2. The summed E-state index contributed by atoms with van der Waals surface area (Å²) in [7, 11) is 0. The minimum Gasteiger partial charge on any atom is -0.490 e. The van der Waals surface area contributed by atoms with Crippen LogP contribution in [0.4, 0.5) is 5.69 Å². The second-order valence-corrected chi connectivity index (χ2v) is 6.99. The Balaban J connectivity index is 1.98. The van der Waals surface area contributed by atoms with Gasteiger partial charge >= 0.3 is 11.8 Å². The Bertz CT molecular complexity index is 1050. The normalized spacial score (nSPS) is 10.4. The summed E-state index contributed by atoms with van der Waals surface area (Å²) in [6.45, 7) is 9.54. The molecule has 0 heterocycles. The highest BCUT2D eigenvalue weighted by atomic mass is 16.5. The molecule has 0 saturated carbocycles. The number of ether oxygens (including phenoxy) is 2. The molecular weight excluding hydrogens is 424 g/mol.